The van der Waals surface area contributed by atoms with Gasteiger partial charge in [-0.1, -0.05) is 25.4 Å². The van der Waals surface area contributed by atoms with Crippen LogP contribution in [0.4, 0.5) is 0 Å². The van der Waals surface area contributed by atoms with Crippen LogP contribution in [-0.4, -0.2) is 23.0 Å². The second kappa shape index (κ2) is 3.89. The van der Waals surface area contributed by atoms with Crippen molar-refractivity contribution >= 4 is 11.7 Å². The summed E-state index contributed by atoms with van der Waals surface area (Å²) in [7, 11) is 0. The lowest BCUT2D eigenvalue weighted by molar-refractivity contribution is -0.125. The molecule has 2 rings (SSSR count). The largest absolute Gasteiger partial charge is 0.409 e. The lowest BCUT2D eigenvalue weighted by Gasteiger charge is -2.29. The Morgan fingerprint density at radius 1 is 1.41 bits per heavy atom. The molecule has 0 bridgehead atoms. The van der Waals surface area contributed by atoms with E-state index in [0.717, 1.165) is 19.3 Å². The van der Waals surface area contributed by atoms with Gasteiger partial charge in [-0.3, -0.25) is 4.79 Å². The third-order valence-corrected chi connectivity index (χ3v) is 4.35. The Labute approximate surface area is 101 Å². The molecule has 1 amide bonds. The lowest BCUT2D eigenvalue weighted by atomic mass is 9.87. The maximum atomic E-state index is 12.2. The average Bonchev–Trinajstić information content (AvgIpc) is 3.01. The van der Waals surface area contributed by atoms with Crippen molar-refractivity contribution in [2.24, 2.45) is 21.7 Å². The van der Waals surface area contributed by atoms with E-state index in [1.54, 1.807) is 0 Å². The number of amides is 1. The first kappa shape index (κ1) is 12.2. The maximum absolute atomic E-state index is 12.2. The molecule has 0 radical (unpaired) electrons. The highest BCUT2D eigenvalue weighted by atomic mass is 16.4. The second-order valence-corrected chi connectivity index (χ2v) is 5.97. The van der Waals surface area contributed by atoms with Crippen LogP contribution in [0.3, 0.4) is 0 Å². The van der Waals surface area contributed by atoms with Gasteiger partial charge in [-0.05, 0) is 31.1 Å². The summed E-state index contributed by atoms with van der Waals surface area (Å²) in [6, 6.07) is 0.207. The topological polar surface area (TPSA) is 87.7 Å². The first-order chi connectivity index (χ1) is 7.92. The summed E-state index contributed by atoms with van der Waals surface area (Å²) >= 11 is 0. The van der Waals surface area contributed by atoms with Crippen molar-refractivity contribution in [3.8, 4) is 0 Å². The summed E-state index contributed by atoms with van der Waals surface area (Å²) in [4.78, 5) is 12.2. The first-order valence-electron chi connectivity index (χ1n) is 6.21. The van der Waals surface area contributed by atoms with Crippen LogP contribution in [0.1, 0.15) is 46.0 Å². The molecule has 2 saturated carbocycles. The van der Waals surface area contributed by atoms with Crippen LogP contribution in [0.5, 0.6) is 0 Å². The molecule has 5 nitrogen and oxygen atoms in total. The number of oxime groups is 1. The number of nitrogens with one attached hydrogen (secondary N) is 1. The van der Waals surface area contributed by atoms with Crippen molar-refractivity contribution in [3.63, 3.8) is 0 Å². The SMILES string of the molecule is CC1(C)CCCC1NC(=O)C1(C(N)=NO)CC1. The molecule has 0 aromatic carbocycles. The van der Waals surface area contributed by atoms with Crippen LogP contribution in [0.2, 0.25) is 0 Å². The van der Waals surface area contributed by atoms with Gasteiger partial charge in [0.25, 0.3) is 0 Å². The van der Waals surface area contributed by atoms with Gasteiger partial charge in [-0.2, -0.15) is 0 Å². The molecule has 17 heavy (non-hydrogen) atoms. The van der Waals surface area contributed by atoms with Gasteiger partial charge in [0.05, 0.1) is 0 Å². The minimum Gasteiger partial charge on any atom is -0.409 e. The molecule has 2 aliphatic rings. The fourth-order valence-corrected chi connectivity index (χ4v) is 2.71. The Morgan fingerprint density at radius 2 is 2.06 bits per heavy atom. The first-order valence-corrected chi connectivity index (χ1v) is 6.21. The number of hydrogen-bond donors (Lipinski definition) is 3. The van der Waals surface area contributed by atoms with Gasteiger partial charge in [-0.25, -0.2) is 0 Å². The molecule has 0 heterocycles. The number of nitrogens with two attached hydrogens (primary N) is 1. The highest BCUT2D eigenvalue weighted by Gasteiger charge is 2.55. The van der Waals surface area contributed by atoms with Crippen LogP contribution in [0, 0.1) is 10.8 Å². The third-order valence-electron chi connectivity index (χ3n) is 4.35. The summed E-state index contributed by atoms with van der Waals surface area (Å²) in [6.45, 7) is 4.35. The smallest absolute Gasteiger partial charge is 0.234 e. The number of carbonyl (C=O) groups is 1. The van der Waals surface area contributed by atoms with E-state index >= 15 is 0 Å². The van der Waals surface area contributed by atoms with Crippen LogP contribution in [0.15, 0.2) is 5.16 Å². The second-order valence-electron chi connectivity index (χ2n) is 5.97. The molecule has 1 atom stereocenters. The highest BCUT2D eigenvalue weighted by molar-refractivity contribution is 6.09. The number of carbonyl (C=O) groups excluding carboxylic acids is 1. The van der Waals surface area contributed by atoms with E-state index in [1.807, 2.05) is 0 Å². The van der Waals surface area contributed by atoms with Crippen LogP contribution in [0.25, 0.3) is 0 Å². The van der Waals surface area contributed by atoms with Crippen molar-refractivity contribution in [1.29, 1.82) is 0 Å². The molecule has 4 N–H and O–H groups in total. The van der Waals surface area contributed by atoms with Crippen LogP contribution < -0.4 is 11.1 Å². The predicted octanol–water partition coefficient (Wildman–Crippen LogP) is 1.21. The standard InChI is InChI=1S/C12H21N3O2/c1-11(2)5-3-4-8(11)14-10(16)12(6-7-12)9(13)15-17/h8,17H,3-7H2,1-2H3,(H2,13,15)(H,14,16). The Kier molecular flexibility index (Phi) is 2.79. The average molecular weight is 239 g/mol. The quantitative estimate of drug-likeness (QED) is 0.299. The van der Waals surface area contributed by atoms with E-state index in [0.29, 0.717) is 12.8 Å². The van der Waals surface area contributed by atoms with E-state index < -0.39 is 5.41 Å². The minimum atomic E-state index is -0.729. The molecule has 2 aliphatic carbocycles. The van der Waals surface area contributed by atoms with Gasteiger partial charge in [0.1, 0.15) is 5.41 Å². The fraction of sp³-hybridized carbons (Fsp3) is 0.833. The third kappa shape index (κ3) is 1.98. The van der Waals surface area contributed by atoms with Crippen molar-refractivity contribution in [1.82, 2.24) is 5.32 Å². The van der Waals surface area contributed by atoms with Gasteiger partial charge < -0.3 is 16.3 Å². The Morgan fingerprint density at radius 3 is 2.47 bits per heavy atom. The summed E-state index contributed by atoms with van der Waals surface area (Å²) in [5.74, 6) is -0.0291. The molecule has 1 unspecified atom stereocenters. The Bertz CT molecular complexity index is 359. The van der Waals surface area contributed by atoms with E-state index in [1.165, 1.54) is 0 Å². The van der Waals surface area contributed by atoms with Crippen molar-refractivity contribution < 1.29 is 10.0 Å². The monoisotopic (exact) mass is 239 g/mol. The number of amidine groups is 1. The molecule has 2 fully saturated rings. The molecule has 0 aromatic rings. The molecule has 96 valence electrons. The van der Waals surface area contributed by atoms with E-state index in [-0.39, 0.29) is 23.2 Å². The number of hydrogen-bond acceptors (Lipinski definition) is 3. The summed E-state index contributed by atoms with van der Waals surface area (Å²) < 4.78 is 0. The molecule has 0 saturated heterocycles. The molecule has 0 aromatic heterocycles. The molecular formula is C12H21N3O2. The zero-order valence-electron chi connectivity index (χ0n) is 10.5. The summed E-state index contributed by atoms with van der Waals surface area (Å²) in [6.07, 6.45) is 4.66. The summed E-state index contributed by atoms with van der Waals surface area (Å²) in [5.41, 5.74) is 5.02. The number of rotatable bonds is 3. The predicted molar refractivity (Wildman–Crippen MR) is 64.6 cm³/mol. The van der Waals surface area contributed by atoms with E-state index in [2.05, 4.69) is 24.3 Å². The van der Waals surface area contributed by atoms with Gasteiger partial charge >= 0.3 is 0 Å². The maximum Gasteiger partial charge on any atom is 0.234 e. The number of nitrogens with zero attached hydrogens (tertiary/aromatic N) is 1. The molecule has 0 aliphatic heterocycles. The zero-order chi connectivity index (χ0) is 12.7. The van der Waals surface area contributed by atoms with Gasteiger partial charge in [0.2, 0.25) is 5.91 Å². The van der Waals surface area contributed by atoms with Crippen LogP contribution >= 0.6 is 0 Å². The molecule has 0 spiro atoms. The minimum absolute atomic E-state index is 0.0470. The highest BCUT2D eigenvalue weighted by Crippen LogP contribution is 2.47. The van der Waals surface area contributed by atoms with Gasteiger partial charge in [-0.15, -0.1) is 0 Å². The van der Waals surface area contributed by atoms with Crippen molar-refractivity contribution in [2.75, 3.05) is 0 Å². The Hall–Kier alpha value is -1.26. The zero-order valence-corrected chi connectivity index (χ0v) is 10.5. The van der Waals surface area contributed by atoms with Crippen molar-refractivity contribution in [3.05, 3.63) is 0 Å². The normalized spacial score (nSPS) is 30.0. The molecule has 5 heteroatoms. The van der Waals surface area contributed by atoms with Crippen molar-refractivity contribution in [2.45, 2.75) is 52.0 Å². The van der Waals surface area contributed by atoms with Crippen LogP contribution in [-0.2, 0) is 4.79 Å². The lowest BCUT2D eigenvalue weighted by Crippen LogP contribution is -2.48. The fourth-order valence-electron chi connectivity index (χ4n) is 2.71. The van der Waals surface area contributed by atoms with Gasteiger partial charge in [0, 0.05) is 6.04 Å². The molecular weight excluding hydrogens is 218 g/mol. The summed E-state index contributed by atoms with van der Waals surface area (Å²) in [5, 5.41) is 14.8. The van der Waals surface area contributed by atoms with E-state index in [4.69, 9.17) is 10.9 Å². The van der Waals surface area contributed by atoms with E-state index in [9.17, 15) is 4.79 Å². The Balaban J connectivity index is 2.03. The van der Waals surface area contributed by atoms with Gasteiger partial charge in [0.15, 0.2) is 5.84 Å².